The van der Waals surface area contributed by atoms with Crippen molar-refractivity contribution < 1.29 is 29.1 Å². The Labute approximate surface area is 249 Å². The summed E-state index contributed by atoms with van der Waals surface area (Å²) < 4.78 is 0. The molecule has 0 aromatic heterocycles. The van der Waals surface area contributed by atoms with Gasteiger partial charge >= 0.3 is 5.97 Å². The molecule has 14 heteroatoms. The Morgan fingerprint density at radius 3 is 1.70 bits per heavy atom. The third kappa shape index (κ3) is 13.0. The first-order chi connectivity index (χ1) is 20.5. The Hall–Kier alpha value is -4.98. The minimum atomic E-state index is -1.27. The third-order valence-corrected chi connectivity index (χ3v) is 6.43. The molecule has 2 rings (SSSR count). The minimum Gasteiger partial charge on any atom is -0.480 e. The molecule has 0 spiro atoms. The van der Waals surface area contributed by atoms with Gasteiger partial charge in [0.05, 0.1) is 6.04 Å². The van der Waals surface area contributed by atoms with E-state index in [0.717, 1.165) is 5.56 Å². The maximum absolute atomic E-state index is 13.5. The molecule has 0 saturated carbocycles. The van der Waals surface area contributed by atoms with Crippen LogP contribution in [0.5, 0.6) is 0 Å². The lowest BCUT2D eigenvalue weighted by molar-refractivity contribution is -0.142. The number of rotatable bonds is 18. The molecule has 4 unspecified atom stereocenters. The number of aliphatic carboxylic acids is 1. The topological polar surface area (TPSA) is 258 Å². The Morgan fingerprint density at radius 2 is 1.19 bits per heavy atom. The monoisotopic (exact) mass is 596 g/mol. The first-order valence-electron chi connectivity index (χ1n) is 13.8. The molecular formula is C29H40N8O6. The van der Waals surface area contributed by atoms with Crippen LogP contribution in [0.3, 0.4) is 0 Å². The highest BCUT2D eigenvalue weighted by Gasteiger charge is 2.30. The molecule has 14 nitrogen and oxygen atoms in total. The molecule has 0 fully saturated rings. The number of nitrogens with two attached hydrogens (primary N) is 4. The van der Waals surface area contributed by atoms with Gasteiger partial charge in [0, 0.05) is 25.8 Å². The van der Waals surface area contributed by atoms with Crippen LogP contribution in [0.2, 0.25) is 0 Å². The molecule has 4 atom stereocenters. The van der Waals surface area contributed by atoms with Crippen molar-refractivity contribution >= 4 is 35.6 Å². The highest BCUT2D eigenvalue weighted by Crippen LogP contribution is 2.09. The predicted octanol–water partition coefficient (Wildman–Crippen LogP) is -1.34. The smallest absolute Gasteiger partial charge is 0.326 e. The second-order valence-corrected chi connectivity index (χ2v) is 9.96. The number of hydrogen-bond acceptors (Lipinski definition) is 7. The highest BCUT2D eigenvalue weighted by atomic mass is 16.4. The minimum absolute atomic E-state index is 0.0192. The number of amides is 4. The van der Waals surface area contributed by atoms with Gasteiger partial charge in [0.25, 0.3) is 0 Å². The summed E-state index contributed by atoms with van der Waals surface area (Å²) in [6, 6.07) is 12.9. The van der Waals surface area contributed by atoms with E-state index in [4.69, 9.17) is 22.9 Å². The van der Waals surface area contributed by atoms with Crippen LogP contribution in [0.15, 0.2) is 65.7 Å². The zero-order chi connectivity index (χ0) is 31.8. The van der Waals surface area contributed by atoms with Crippen LogP contribution < -0.4 is 38.9 Å². The van der Waals surface area contributed by atoms with Crippen LogP contribution in [0.4, 0.5) is 0 Å². The Bertz CT molecular complexity index is 1250. The number of nitrogens with one attached hydrogen (secondary N) is 3. The average Bonchev–Trinajstić information content (AvgIpc) is 2.97. The van der Waals surface area contributed by atoms with Crippen LogP contribution in [0.1, 0.15) is 36.8 Å². The van der Waals surface area contributed by atoms with Crippen molar-refractivity contribution in [1.29, 1.82) is 0 Å². The zero-order valence-corrected chi connectivity index (χ0v) is 23.8. The highest BCUT2D eigenvalue weighted by molar-refractivity contribution is 5.94. The van der Waals surface area contributed by atoms with Gasteiger partial charge in [-0.1, -0.05) is 60.7 Å². The second-order valence-electron chi connectivity index (χ2n) is 9.96. The number of benzene rings is 2. The third-order valence-electron chi connectivity index (χ3n) is 6.43. The van der Waals surface area contributed by atoms with Crippen molar-refractivity contribution in [2.24, 2.45) is 27.9 Å². The van der Waals surface area contributed by atoms with Gasteiger partial charge in [-0.2, -0.15) is 0 Å². The van der Waals surface area contributed by atoms with Crippen LogP contribution in [0, 0.1) is 0 Å². The van der Waals surface area contributed by atoms with Gasteiger partial charge in [0.15, 0.2) is 5.96 Å². The molecule has 0 aliphatic carbocycles. The SMILES string of the molecule is NC(=O)CCC(N)C(=O)NC(Cc1ccccc1)C(=O)NC(CCCN=C(N)N)C(=O)NC(Cc1ccccc1)C(=O)O. The standard InChI is InChI=1S/C29H40N8O6/c30-20(13-14-24(31)38)25(39)36-22(16-18-8-3-1-4-9-18)27(41)35-21(12-7-15-34-29(32)33)26(40)37-23(28(42)43)17-19-10-5-2-6-11-19/h1-6,8-11,20-23H,7,12-17,30H2,(H2,31,38)(H,35,41)(H,36,39)(H,37,40)(H,42,43)(H4,32,33,34). The molecule has 0 heterocycles. The summed E-state index contributed by atoms with van der Waals surface area (Å²) in [7, 11) is 0. The molecule has 4 amide bonds. The van der Waals surface area contributed by atoms with Crippen LogP contribution >= 0.6 is 0 Å². The van der Waals surface area contributed by atoms with Gasteiger partial charge in [0.1, 0.15) is 18.1 Å². The lowest BCUT2D eigenvalue weighted by Gasteiger charge is -2.25. The summed E-state index contributed by atoms with van der Waals surface area (Å²) in [5.41, 5.74) is 23.2. The molecular weight excluding hydrogens is 556 g/mol. The van der Waals surface area contributed by atoms with Crippen molar-refractivity contribution in [3.63, 3.8) is 0 Å². The fourth-order valence-electron chi connectivity index (χ4n) is 4.13. The Kier molecular flexibility index (Phi) is 14.1. The predicted molar refractivity (Wildman–Crippen MR) is 160 cm³/mol. The number of carboxylic acid groups (broad SMARTS) is 1. The summed E-state index contributed by atoms with van der Waals surface area (Å²) in [5, 5.41) is 17.5. The first-order valence-corrected chi connectivity index (χ1v) is 13.8. The number of guanidine groups is 1. The molecule has 0 bridgehead atoms. The summed E-state index contributed by atoms with van der Waals surface area (Å²) in [6.45, 7) is 0.160. The molecule has 2 aromatic carbocycles. The summed E-state index contributed by atoms with van der Waals surface area (Å²) in [4.78, 5) is 66.7. The van der Waals surface area contributed by atoms with Crippen molar-refractivity contribution in [3.05, 3.63) is 71.8 Å². The fourth-order valence-corrected chi connectivity index (χ4v) is 4.13. The number of nitrogens with zero attached hydrogens (tertiary/aromatic N) is 1. The molecule has 2 aromatic rings. The van der Waals surface area contributed by atoms with Crippen molar-refractivity contribution in [2.45, 2.75) is 62.7 Å². The number of aliphatic imine (C=N–C) groups is 1. The van der Waals surface area contributed by atoms with E-state index in [1.807, 2.05) is 0 Å². The van der Waals surface area contributed by atoms with Gasteiger partial charge in [-0.05, 0) is 30.4 Å². The Morgan fingerprint density at radius 1 is 0.698 bits per heavy atom. The molecule has 43 heavy (non-hydrogen) atoms. The molecule has 0 aliphatic heterocycles. The van der Waals surface area contributed by atoms with Crippen LogP contribution in [-0.2, 0) is 36.8 Å². The Balaban J connectivity index is 2.25. The largest absolute Gasteiger partial charge is 0.480 e. The summed E-state index contributed by atoms with van der Waals surface area (Å²) in [6.07, 6.45) is 0.294. The van der Waals surface area contributed by atoms with Crippen molar-refractivity contribution in [3.8, 4) is 0 Å². The second kappa shape index (κ2) is 17.7. The van der Waals surface area contributed by atoms with Crippen molar-refractivity contribution in [1.82, 2.24) is 16.0 Å². The van der Waals surface area contributed by atoms with E-state index in [9.17, 15) is 29.1 Å². The van der Waals surface area contributed by atoms with Gasteiger partial charge in [-0.25, -0.2) is 4.79 Å². The van der Waals surface area contributed by atoms with Crippen molar-refractivity contribution in [2.75, 3.05) is 6.54 Å². The maximum atomic E-state index is 13.5. The first kappa shape index (κ1) is 34.2. The average molecular weight is 597 g/mol. The normalized spacial score (nSPS) is 13.4. The van der Waals surface area contributed by atoms with E-state index in [1.54, 1.807) is 60.7 Å². The van der Waals surface area contributed by atoms with Gasteiger partial charge in [-0.3, -0.25) is 24.2 Å². The molecule has 0 radical (unpaired) electrons. The summed E-state index contributed by atoms with van der Waals surface area (Å²) in [5.74, 6) is -4.12. The van der Waals surface area contributed by atoms with Crippen LogP contribution in [0.25, 0.3) is 0 Å². The van der Waals surface area contributed by atoms with Gasteiger partial charge < -0.3 is 44.0 Å². The van der Waals surface area contributed by atoms with Gasteiger partial charge in [-0.15, -0.1) is 0 Å². The number of primary amides is 1. The van der Waals surface area contributed by atoms with E-state index in [2.05, 4.69) is 20.9 Å². The number of carbonyl (C=O) groups is 5. The quantitative estimate of drug-likeness (QED) is 0.0574. The molecule has 0 saturated heterocycles. The van der Waals surface area contributed by atoms with E-state index < -0.39 is 53.8 Å². The van der Waals surface area contributed by atoms with E-state index in [1.165, 1.54) is 0 Å². The maximum Gasteiger partial charge on any atom is 0.326 e. The fraction of sp³-hybridized carbons (Fsp3) is 0.379. The lowest BCUT2D eigenvalue weighted by atomic mass is 10.0. The summed E-state index contributed by atoms with van der Waals surface area (Å²) >= 11 is 0. The van der Waals surface area contributed by atoms with E-state index in [-0.39, 0.29) is 51.0 Å². The van der Waals surface area contributed by atoms with E-state index >= 15 is 0 Å². The molecule has 0 aliphatic rings. The zero-order valence-electron chi connectivity index (χ0n) is 23.8. The molecule has 12 N–H and O–H groups in total. The number of carboxylic acids is 1. The number of carbonyl (C=O) groups excluding carboxylic acids is 4. The molecule has 232 valence electrons. The van der Waals surface area contributed by atoms with E-state index in [0.29, 0.717) is 5.56 Å². The lowest BCUT2D eigenvalue weighted by Crippen LogP contribution is -2.57. The van der Waals surface area contributed by atoms with Gasteiger partial charge in [0.2, 0.25) is 23.6 Å². The van der Waals surface area contributed by atoms with Crippen LogP contribution in [-0.4, -0.2) is 71.4 Å². The number of hydrogen-bond donors (Lipinski definition) is 8.